The Morgan fingerprint density at radius 3 is 0.706 bits per heavy atom. The van der Waals surface area contributed by atoms with Crippen molar-refractivity contribution in [3.63, 3.8) is 0 Å². The van der Waals surface area contributed by atoms with Crippen LogP contribution in [0.2, 0.25) is 0 Å². The molecule has 0 saturated heterocycles. The summed E-state index contributed by atoms with van der Waals surface area (Å²) in [6.07, 6.45) is 0. The lowest BCUT2D eigenvalue weighted by Gasteiger charge is -2.30. The van der Waals surface area contributed by atoms with Crippen molar-refractivity contribution in [2.24, 2.45) is 0 Å². The SMILES string of the molecule is c1ccc(-c2ccc(-c3cc(-c4ccc(-c5nc6ccccc6c6cc7c(cc56)-c5ccccc5C75c6ccccc6-c6ccccc65)cc4)nc(-c4ccccc4)n3)cc2)cc1.c1ccc(-c2ccc(-c3nc(-c4ccccc4)nc(-c4ccc(-c5nc6ccccc6c6cc7c(cc56)-c5ccccc5C75c6ccccc6-c6ccccc65)cc4)n3)cc2)cc1. The van der Waals surface area contributed by atoms with Crippen LogP contribution in [0.5, 0.6) is 0 Å². The second-order valence-corrected chi connectivity index (χ2v) is 33.2. The van der Waals surface area contributed by atoms with Crippen LogP contribution in [-0.2, 0) is 10.8 Å². The van der Waals surface area contributed by atoms with Gasteiger partial charge in [-0.05, 0) is 165 Å². The first-order chi connectivity index (χ1) is 62.4. The Morgan fingerprint density at radius 1 is 0.135 bits per heavy atom. The molecule has 7 nitrogen and oxygen atoms in total. The normalized spacial score (nSPS) is 12.9. The summed E-state index contributed by atoms with van der Waals surface area (Å²) in [6, 6.07) is 159. The zero-order chi connectivity index (χ0) is 83.0. The molecule has 26 rings (SSSR count). The number of fused-ring (bicyclic) bond motifs is 26. The van der Waals surface area contributed by atoms with Gasteiger partial charge < -0.3 is 0 Å². The fourth-order valence-corrected chi connectivity index (χ4v) is 20.8. The molecule has 0 aliphatic heterocycles. The maximum Gasteiger partial charge on any atom is 0.164 e. The third-order valence-electron chi connectivity index (χ3n) is 26.5. The highest BCUT2D eigenvalue weighted by atomic mass is 15.0. The number of rotatable bonds is 10. The number of nitrogens with zero attached hydrogens (tertiary/aromatic N) is 7. The minimum Gasteiger partial charge on any atom is -0.247 e. The number of hydrogen-bond acceptors (Lipinski definition) is 7. The molecule has 0 unspecified atom stereocenters. The number of hydrogen-bond donors (Lipinski definition) is 0. The molecule has 0 N–H and O–H groups in total. The topological polar surface area (TPSA) is 90.2 Å². The van der Waals surface area contributed by atoms with E-state index in [0.717, 1.165) is 105 Å². The van der Waals surface area contributed by atoms with Crippen LogP contribution in [0.3, 0.4) is 0 Å². The van der Waals surface area contributed by atoms with Crippen molar-refractivity contribution in [3.05, 3.63) is 487 Å². The van der Waals surface area contributed by atoms with Gasteiger partial charge in [-0.2, -0.15) is 0 Å². The molecule has 126 heavy (non-hydrogen) atoms. The van der Waals surface area contributed by atoms with Crippen LogP contribution in [0.15, 0.2) is 443 Å². The highest BCUT2D eigenvalue weighted by Crippen LogP contribution is 2.66. The first-order valence-electron chi connectivity index (χ1n) is 43.1. The summed E-state index contributed by atoms with van der Waals surface area (Å²) in [7, 11) is 0. The Labute approximate surface area is 728 Å². The largest absolute Gasteiger partial charge is 0.247 e. The lowest BCUT2D eigenvalue weighted by molar-refractivity contribution is 0.795. The Balaban J connectivity index is 0.000000137. The summed E-state index contributed by atoms with van der Waals surface area (Å²) in [5, 5.41) is 6.96. The smallest absolute Gasteiger partial charge is 0.164 e. The van der Waals surface area contributed by atoms with E-state index in [9.17, 15) is 0 Å². The van der Waals surface area contributed by atoms with Crippen molar-refractivity contribution < 1.29 is 0 Å². The van der Waals surface area contributed by atoms with Gasteiger partial charge in [0.05, 0.1) is 44.6 Å². The van der Waals surface area contributed by atoms with E-state index < -0.39 is 10.8 Å². The van der Waals surface area contributed by atoms with Gasteiger partial charge in [0.2, 0.25) is 0 Å². The highest BCUT2D eigenvalue weighted by molar-refractivity contribution is 6.16. The number of benzene rings is 18. The molecule has 4 heterocycles. The monoisotopic (exact) mass is 1600 g/mol. The molecule has 0 amide bonds. The van der Waals surface area contributed by atoms with Gasteiger partial charge in [0, 0.05) is 66.1 Å². The molecule has 18 aromatic carbocycles. The van der Waals surface area contributed by atoms with Crippen molar-refractivity contribution in [2.75, 3.05) is 0 Å². The summed E-state index contributed by atoms with van der Waals surface area (Å²) in [5.41, 5.74) is 38.3. The van der Waals surface area contributed by atoms with Gasteiger partial charge in [-0.3, -0.25) is 0 Å². The number of aromatic nitrogens is 7. The third kappa shape index (κ3) is 11.3. The molecular weight excluding hydrogens is 1530 g/mol. The average Bonchev–Trinajstić information content (AvgIpc) is 1.51. The van der Waals surface area contributed by atoms with E-state index in [4.69, 9.17) is 34.9 Å². The molecule has 4 aliphatic carbocycles. The van der Waals surface area contributed by atoms with Gasteiger partial charge in [-0.15, -0.1) is 0 Å². The zero-order valence-electron chi connectivity index (χ0n) is 68.3. The second-order valence-electron chi connectivity index (χ2n) is 33.2. The van der Waals surface area contributed by atoms with E-state index in [2.05, 4.69) is 382 Å². The van der Waals surface area contributed by atoms with Crippen molar-refractivity contribution in [1.82, 2.24) is 34.9 Å². The van der Waals surface area contributed by atoms with E-state index in [1.165, 1.54) is 116 Å². The highest BCUT2D eigenvalue weighted by Gasteiger charge is 2.53. The maximum absolute atomic E-state index is 5.43. The Kier molecular flexibility index (Phi) is 16.7. The third-order valence-corrected chi connectivity index (χ3v) is 26.5. The fourth-order valence-electron chi connectivity index (χ4n) is 20.8. The first kappa shape index (κ1) is 72.2. The van der Waals surface area contributed by atoms with Gasteiger partial charge in [-0.25, -0.2) is 34.9 Å². The van der Waals surface area contributed by atoms with Crippen LogP contribution in [-0.4, -0.2) is 34.9 Å². The van der Waals surface area contributed by atoms with Crippen LogP contribution in [0.1, 0.15) is 44.5 Å². The van der Waals surface area contributed by atoms with Crippen LogP contribution < -0.4 is 0 Å². The Hall–Kier alpha value is -16.6. The van der Waals surface area contributed by atoms with E-state index >= 15 is 0 Å². The quantitative estimate of drug-likeness (QED) is 0.126. The van der Waals surface area contributed by atoms with E-state index in [1.807, 2.05) is 60.7 Å². The molecule has 0 saturated carbocycles. The van der Waals surface area contributed by atoms with Gasteiger partial charge in [0.25, 0.3) is 0 Å². The standard InChI is InChI=1S/C60H37N3.C59H36N4/c1-3-15-38(16-4-1)39-27-29-40(30-28-39)56-37-57(63-59(62-56)43-17-5-2-6-18-43)41-31-33-42(34-32-41)58-50-35-49-46-21-9-13-25-53(46)60(54(49)36-48(50)47-22-10-14-26-55(47)61-58)51-23-11-7-19-44(51)45-20-8-12-24-52(45)60;1-3-15-37(16-4-1)38-27-31-41(32-28-38)57-61-56(40-17-5-2-6-18-40)62-58(63-57)42-33-29-39(30-34-42)55-49-35-48-45-21-9-13-25-52(45)59(53(48)36-47(49)46-22-10-14-26-54(46)60-55)50-23-11-7-19-43(50)44-20-8-12-24-51(44)59/h1-37H;1-36H. The first-order valence-corrected chi connectivity index (χ1v) is 43.1. The fraction of sp³-hybridized carbons (Fsp3) is 0.0168. The molecule has 0 bridgehead atoms. The van der Waals surface area contributed by atoms with Crippen molar-refractivity contribution in [3.8, 4) is 157 Å². The molecule has 2 spiro atoms. The van der Waals surface area contributed by atoms with Crippen molar-refractivity contribution in [1.29, 1.82) is 0 Å². The summed E-state index contributed by atoms with van der Waals surface area (Å²) in [5.74, 6) is 2.57. The van der Waals surface area contributed by atoms with Gasteiger partial charge in [0.1, 0.15) is 0 Å². The second kappa shape index (κ2) is 29.1. The molecular formula is C119H73N7. The lowest BCUT2D eigenvalue weighted by atomic mass is 9.70. The molecule has 584 valence electrons. The average molecular weight is 1600 g/mol. The molecule has 4 aliphatic rings. The molecule has 0 atom stereocenters. The Morgan fingerprint density at radius 2 is 0.373 bits per heavy atom. The predicted molar refractivity (Wildman–Crippen MR) is 514 cm³/mol. The van der Waals surface area contributed by atoms with Crippen LogP contribution in [0.25, 0.3) is 201 Å². The summed E-state index contributed by atoms with van der Waals surface area (Å²) < 4.78 is 0. The van der Waals surface area contributed by atoms with E-state index in [0.29, 0.717) is 23.3 Å². The zero-order valence-corrected chi connectivity index (χ0v) is 68.3. The van der Waals surface area contributed by atoms with Crippen molar-refractivity contribution in [2.45, 2.75) is 10.8 Å². The minimum absolute atomic E-state index is 0.418. The number of para-hydroxylation sites is 2. The molecule has 0 radical (unpaired) electrons. The predicted octanol–water partition coefficient (Wildman–Crippen LogP) is 29.1. The molecule has 7 heteroatoms. The molecule has 4 aromatic heterocycles. The summed E-state index contributed by atoms with van der Waals surface area (Å²) >= 11 is 0. The molecule has 22 aromatic rings. The van der Waals surface area contributed by atoms with Crippen LogP contribution >= 0.6 is 0 Å². The van der Waals surface area contributed by atoms with Gasteiger partial charge in [-0.1, -0.05) is 400 Å². The Bertz CT molecular complexity index is 7580. The molecule has 0 fully saturated rings. The lowest BCUT2D eigenvalue weighted by Crippen LogP contribution is -2.25. The van der Waals surface area contributed by atoms with Crippen LogP contribution in [0.4, 0.5) is 0 Å². The van der Waals surface area contributed by atoms with E-state index in [1.54, 1.807) is 0 Å². The minimum atomic E-state index is -0.425. The van der Waals surface area contributed by atoms with Gasteiger partial charge in [0.15, 0.2) is 23.3 Å². The maximum atomic E-state index is 5.43. The van der Waals surface area contributed by atoms with Gasteiger partial charge >= 0.3 is 0 Å². The van der Waals surface area contributed by atoms with Crippen molar-refractivity contribution >= 4 is 43.4 Å². The number of pyridine rings is 2. The van der Waals surface area contributed by atoms with Crippen LogP contribution in [0, 0.1) is 0 Å². The van der Waals surface area contributed by atoms with E-state index in [-0.39, 0.29) is 0 Å². The summed E-state index contributed by atoms with van der Waals surface area (Å²) in [6.45, 7) is 0. The summed E-state index contributed by atoms with van der Waals surface area (Å²) in [4.78, 5) is 36.2.